The maximum absolute atomic E-state index is 10.7. The van der Waals surface area contributed by atoms with Crippen LogP contribution < -0.4 is 0 Å². The second-order valence-electron chi connectivity index (χ2n) is 8.58. The molecule has 1 unspecified atom stereocenters. The van der Waals surface area contributed by atoms with Crippen molar-refractivity contribution in [2.45, 2.75) is 91.2 Å². The molecule has 0 amide bonds. The van der Waals surface area contributed by atoms with E-state index in [2.05, 4.69) is 32.7 Å². The third kappa shape index (κ3) is 12.5. The molecule has 1 aromatic carbocycles. The lowest BCUT2D eigenvalue weighted by Gasteiger charge is -2.39. The Morgan fingerprint density at radius 1 is 0.906 bits per heavy atom. The van der Waals surface area contributed by atoms with Gasteiger partial charge in [0, 0.05) is 0 Å². The molecule has 0 aliphatic heterocycles. The average molecular weight is 469 g/mol. The Kier molecular flexibility index (Phi) is 16.2. The first kappa shape index (κ1) is 30.5. The summed E-state index contributed by atoms with van der Waals surface area (Å²) in [5.41, 5.74) is 0.583. The van der Waals surface area contributed by atoms with Crippen molar-refractivity contribution in [1.29, 1.82) is 0 Å². The van der Waals surface area contributed by atoms with Crippen molar-refractivity contribution >= 4 is 21.9 Å². The van der Waals surface area contributed by atoms with Gasteiger partial charge >= 0.3 is 0 Å². The lowest BCUT2D eigenvalue weighted by molar-refractivity contribution is -0.929. The molecule has 32 heavy (non-hydrogen) atoms. The molecule has 0 aliphatic carbocycles. The zero-order valence-electron chi connectivity index (χ0n) is 20.8. The maximum Gasteiger partial charge on any atom is 0.240 e. The number of rotatable bonds is 15. The van der Waals surface area contributed by atoms with Crippen LogP contribution in [0.5, 0.6) is 0 Å². The molecule has 0 radical (unpaired) electrons. The van der Waals surface area contributed by atoms with Crippen molar-refractivity contribution < 1.29 is 22.2 Å². The minimum atomic E-state index is -4.38. The van der Waals surface area contributed by atoms with Crippen molar-refractivity contribution in [3.8, 4) is 0 Å². The number of hydrogen-bond donors (Lipinski definition) is 0. The van der Waals surface area contributed by atoms with Gasteiger partial charge < -0.3 is 9.04 Å². The van der Waals surface area contributed by atoms with E-state index in [1.54, 1.807) is 0 Å². The van der Waals surface area contributed by atoms with Crippen LogP contribution >= 0.6 is 0 Å². The van der Waals surface area contributed by atoms with Gasteiger partial charge in [0.15, 0.2) is 0 Å². The van der Waals surface area contributed by atoms with Crippen molar-refractivity contribution in [3.05, 3.63) is 29.8 Å². The Morgan fingerprint density at radius 2 is 1.34 bits per heavy atom. The number of carbonyl (C=O) groups excluding carboxylic acids is 1. The van der Waals surface area contributed by atoms with Gasteiger partial charge in [-0.1, -0.05) is 65.5 Å². The van der Waals surface area contributed by atoms with E-state index in [9.17, 15) is 17.8 Å². The summed E-state index contributed by atoms with van der Waals surface area (Å²) >= 11 is 0. The molecule has 0 spiro atoms. The molecule has 0 heterocycles. The van der Waals surface area contributed by atoms with E-state index in [1.807, 2.05) is 0 Å². The Labute approximate surface area is 196 Å². The van der Waals surface area contributed by atoms with Gasteiger partial charge in [0.25, 0.3) is 0 Å². The number of hydrogen-bond acceptors (Lipinski definition) is 5. The highest BCUT2D eigenvalue weighted by Gasteiger charge is 2.24. The molecule has 6 nitrogen and oxygen atoms in total. The molecule has 0 aromatic heterocycles. The SMILES string of the molecule is CC(c1cccc(N=C=O)c1)S(=O)(=O)[O-].CCCC[N+](CCCC)(CCCC)CCCC. The fourth-order valence-corrected chi connectivity index (χ4v) is 4.19. The van der Waals surface area contributed by atoms with Gasteiger partial charge in [0.1, 0.15) is 10.1 Å². The van der Waals surface area contributed by atoms with Crippen molar-refractivity contribution in [2.75, 3.05) is 26.2 Å². The molecule has 0 bridgehead atoms. The smallest absolute Gasteiger partial charge is 0.240 e. The highest BCUT2D eigenvalue weighted by molar-refractivity contribution is 7.85. The van der Waals surface area contributed by atoms with E-state index in [0.29, 0.717) is 5.56 Å². The fraction of sp³-hybridized carbons (Fsp3) is 0.720. The Morgan fingerprint density at radius 3 is 1.69 bits per heavy atom. The van der Waals surface area contributed by atoms with Crippen LogP contribution in [0, 0.1) is 0 Å². The highest BCUT2D eigenvalue weighted by atomic mass is 32.2. The van der Waals surface area contributed by atoms with Crippen LogP contribution in [0.1, 0.15) is 96.8 Å². The zero-order chi connectivity index (χ0) is 24.5. The largest absolute Gasteiger partial charge is 0.747 e. The summed E-state index contributed by atoms with van der Waals surface area (Å²) in [6.45, 7) is 16.3. The second kappa shape index (κ2) is 17.0. The van der Waals surface area contributed by atoms with Gasteiger partial charge in [-0.25, -0.2) is 13.2 Å². The van der Waals surface area contributed by atoms with Gasteiger partial charge in [0.05, 0.1) is 37.1 Å². The van der Waals surface area contributed by atoms with Gasteiger partial charge in [-0.3, -0.25) is 0 Å². The first-order valence-electron chi connectivity index (χ1n) is 12.2. The summed E-state index contributed by atoms with van der Waals surface area (Å²) in [5.74, 6) is 0. The third-order valence-electron chi connectivity index (χ3n) is 5.89. The molecule has 0 fully saturated rings. The molecular weight excluding hydrogens is 424 g/mol. The van der Waals surface area contributed by atoms with Crippen molar-refractivity contribution in [2.24, 2.45) is 4.99 Å². The minimum absolute atomic E-state index is 0.276. The highest BCUT2D eigenvalue weighted by Crippen LogP contribution is 2.24. The van der Waals surface area contributed by atoms with Crippen molar-refractivity contribution in [3.63, 3.8) is 0 Å². The molecule has 0 aliphatic rings. The number of nitrogens with zero attached hydrogens (tertiary/aromatic N) is 2. The van der Waals surface area contributed by atoms with E-state index in [4.69, 9.17) is 0 Å². The zero-order valence-corrected chi connectivity index (χ0v) is 21.6. The van der Waals surface area contributed by atoms with Gasteiger partial charge in [0.2, 0.25) is 6.08 Å². The van der Waals surface area contributed by atoms with Gasteiger partial charge in [-0.2, -0.15) is 4.99 Å². The van der Waals surface area contributed by atoms with Crippen LogP contribution in [0.3, 0.4) is 0 Å². The van der Waals surface area contributed by atoms with Crippen LogP contribution in [0.25, 0.3) is 0 Å². The first-order chi connectivity index (χ1) is 15.2. The average Bonchev–Trinajstić information content (AvgIpc) is 2.78. The summed E-state index contributed by atoms with van der Waals surface area (Å²) in [6, 6.07) is 5.89. The molecule has 0 saturated heterocycles. The predicted molar refractivity (Wildman–Crippen MR) is 132 cm³/mol. The molecule has 0 saturated carbocycles. The Bertz CT molecular complexity index is 736. The third-order valence-corrected chi connectivity index (χ3v) is 7.03. The van der Waals surface area contributed by atoms with E-state index < -0.39 is 15.4 Å². The molecular formula is C25H44N2O4S. The van der Waals surface area contributed by atoms with Crippen LogP contribution in [0.4, 0.5) is 5.69 Å². The second-order valence-corrected chi connectivity index (χ2v) is 10.3. The summed E-state index contributed by atoms with van der Waals surface area (Å²) in [5, 5.41) is -1.15. The predicted octanol–water partition coefficient (Wildman–Crippen LogP) is 6.26. The topological polar surface area (TPSA) is 86.6 Å². The quantitative estimate of drug-likeness (QED) is 0.131. The molecule has 7 heteroatoms. The first-order valence-corrected chi connectivity index (χ1v) is 13.6. The van der Waals surface area contributed by atoms with E-state index in [1.165, 1.54) is 119 Å². The summed E-state index contributed by atoms with van der Waals surface area (Å²) in [6.07, 6.45) is 12.4. The van der Waals surface area contributed by atoms with Gasteiger partial charge in [-0.15, -0.1) is 0 Å². The Hall–Kier alpha value is -1.53. The fourth-order valence-electron chi connectivity index (χ4n) is 3.71. The monoisotopic (exact) mass is 468 g/mol. The van der Waals surface area contributed by atoms with E-state index in [-0.39, 0.29) is 5.69 Å². The van der Waals surface area contributed by atoms with Gasteiger partial charge in [-0.05, 0) is 50.3 Å². The lowest BCUT2D eigenvalue weighted by Crippen LogP contribution is -2.50. The van der Waals surface area contributed by atoms with E-state index >= 15 is 0 Å². The number of aliphatic imine (C=N–C) groups is 1. The van der Waals surface area contributed by atoms with Crippen LogP contribution in [-0.2, 0) is 14.9 Å². The minimum Gasteiger partial charge on any atom is -0.747 e. The normalized spacial score (nSPS) is 12.4. The molecule has 184 valence electrons. The Balaban J connectivity index is 0.000000604. The summed E-state index contributed by atoms with van der Waals surface area (Å²) in [7, 11) is -4.38. The molecule has 1 aromatic rings. The number of quaternary nitrogens is 1. The standard InChI is InChI=1S/C16H36N.C9H9NO4S/c1-5-9-13-17(14-10-6-2,15-11-7-3)16-12-8-4;1-7(15(12,13)14)8-3-2-4-9(5-8)10-6-11/h5-16H2,1-4H3;2-5,7H,1H3,(H,12,13,14)/q+1;/p-1. The summed E-state index contributed by atoms with van der Waals surface area (Å²) in [4.78, 5) is 13.3. The molecule has 0 N–H and O–H groups in total. The van der Waals surface area contributed by atoms with Crippen LogP contribution in [0.15, 0.2) is 29.3 Å². The van der Waals surface area contributed by atoms with E-state index in [0.717, 1.165) is 0 Å². The van der Waals surface area contributed by atoms with Crippen molar-refractivity contribution in [1.82, 2.24) is 0 Å². The van der Waals surface area contributed by atoms with Crippen LogP contribution in [0.2, 0.25) is 0 Å². The number of isocyanates is 1. The number of unbranched alkanes of at least 4 members (excludes halogenated alkanes) is 4. The molecule has 1 atom stereocenters. The summed E-state index contributed by atoms with van der Waals surface area (Å²) < 4.78 is 33.6. The maximum atomic E-state index is 10.7. The number of benzene rings is 1. The van der Waals surface area contributed by atoms with Crippen LogP contribution in [-0.4, -0.2) is 49.7 Å². The lowest BCUT2D eigenvalue weighted by atomic mass is 10.1. The molecule has 1 rings (SSSR count).